The van der Waals surface area contributed by atoms with Gasteiger partial charge in [-0.25, -0.2) is 14.8 Å². The number of nitrogens with two attached hydrogens (primary N) is 1. The molecule has 8 nitrogen and oxygen atoms in total. The van der Waals surface area contributed by atoms with Crippen molar-refractivity contribution in [1.82, 2.24) is 9.97 Å². The molecule has 3 N–H and O–H groups in total. The molecule has 0 fully saturated rings. The fourth-order valence-electron chi connectivity index (χ4n) is 4.02. The summed E-state index contributed by atoms with van der Waals surface area (Å²) in [6.07, 6.45) is 4.51. The minimum atomic E-state index is -0.626. The number of nitrogens with zero attached hydrogens (tertiary/aromatic N) is 2. The van der Waals surface area contributed by atoms with Gasteiger partial charge in [-0.05, 0) is 64.4 Å². The zero-order chi connectivity index (χ0) is 26.7. The number of carbonyl (C=O) groups excluding carboxylic acids is 1. The molecule has 0 radical (unpaired) electrons. The summed E-state index contributed by atoms with van der Waals surface area (Å²) in [7, 11) is 0. The lowest BCUT2D eigenvalue weighted by Crippen LogP contribution is -2.24. The number of hydrogen-bond acceptors (Lipinski definition) is 8. The van der Waals surface area contributed by atoms with Gasteiger partial charge in [0.05, 0.1) is 22.6 Å². The molecule has 2 aromatic carbocycles. The topological polar surface area (TPSA) is 120 Å². The van der Waals surface area contributed by atoms with Gasteiger partial charge in [0, 0.05) is 35.9 Å². The maximum atomic E-state index is 13.2. The number of anilines is 1. The number of benzene rings is 2. The lowest BCUT2D eigenvalue weighted by atomic mass is 10.00. The van der Waals surface area contributed by atoms with E-state index in [1.165, 1.54) is 12.3 Å². The highest BCUT2D eigenvalue weighted by atomic mass is 16.6. The van der Waals surface area contributed by atoms with Crippen LogP contribution in [0.4, 0.5) is 5.69 Å². The van der Waals surface area contributed by atoms with E-state index in [2.05, 4.69) is 15.3 Å². The summed E-state index contributed by atoms with van der Waals surface area (Å²) in [5.74, 6) is 0.183. The van der Waals surface area contributed by atoms with Crippen LogP contribution in [0.15, 0.2) is 76.3 Å². The lowest BCUT2D eigenvalue weighted by molar-refractivity contribution is 0.00706. The Labute approximate surface area is 215 Å². The minimum Gasteiger partial charge on any atom is -0.456 e. The van der Waals surface area contributed by atoms with Crippen molar-refractivity contribution in [3.8, 4) is 0 Å². The van der Waals surface area contributed by atoms with Gasteiger partial charge in [-0.1, -0.05) is 18.2 Å². The molecule has 0 bridgehead atoms. The van der Waals surface area contributed by atoms with E-state index < -0.39 is 11.6 Å². The molecule has 4 aromatic rings. The molecule has 4 rings (SSSR count). The monoisotopic (exact) mass is 498 g/mol. The molecule has 2 heterocycles. The average Bonchev–Trinajstić information content (AvgIpc) is 2.84. The van der Waals surface area contributed by atoms with Crippen molar-refractivity contribution < 1.29 is 13.9 Å². The van der Waals surface area contributed by atoms with Crippen molar-refractivity contribution in [3.05, 3.63) is 106 Å². The second-order valence-corrected chi connectivity index (χ2v) is 9.77. The third-order valence-corrected chi connectivity index (χ3v) is 5.62. The Balaban J connectivity index is 1.79. The summed E-state index contributed by atoms with van der Waals surface area (Å²) < 4.78 is 11.9. The summed E-state index contributed by atoms with van der Waals surface area (Å²) >= 11 is 0. The summed E-state index contributed by atoms with van der Waals surface area (Å²) in [5.41, 5.74) is 8.54. The molecule has 190 valence electrons. The number of nitrogens with one attached hydrogen (secondary N) is 1. The maximum absolute atomic E-state index is 13.2. The van der Waals surface area contributed by atoms with Crippen molar-refractivity contribution in [2.24, 2.45) is 5.73 Å². The van der Waals surface area contributed by atoms with Gasteiger partial charge >= 0.3 is 5.97 Å². The molecule has 1 atom stereocenters. The lowest BCUT2D eigenvalue weighted by Gasteiger charge is -2.23. The molecule has 0 aliphatic heterocycles. The van der Waals surface area contributed by atoms with Gasteiger partial charge in [0.15, 0.2) is 11.3 Å². The smallest absolute Gasteiger partial charge is 0.340 e. The van der Waals surface area contributed by atoms with Crippen LogP contribution in [0.25, 0.3) is 16.5 Å². The van der Waals surface area contributed by atoms with Gasteiger partial charge in [0.2, 0.25) is 0 Å². The number of hydrogen-bond donors (Lipinski definition) is 2. The number of carbonyl (C=O) groups is 1. The Bertz CT molecular complexity index is 1540. The SMILES string of the molecule is Cc1cc(C(C)Nc2ccccc2C(=O)OC(C)(C)C)c2oc(/C(=C/N)c3ncccn3)cc(=O)c2c1. The zero-order valence-corrected chi connectivity index (χ0v) is 21.5. The van der Waals surface area contributed by atoms with Crippen LogP contribution in [0.1, 0.15) is 66.8 Å². The molecule has 0 aliphatic carbocycles. The maximum Gasteiger partial charge on any atom is 0.340 e. The van der Waals surface area contributed by atoms with Gasteiger partial charge in [0.25, 0.3) is 0 Å². The second-order valence-electron chi connectivity index (χ2n) is 9.77. The quantitative estimate of drug-likeness (QED) is 0.341. The fraction of sp³-hybridized carbons (Fsp3) is 0.241. The number of rotatable bonds is 6. The van der Waals surface area contributed by atoms with Crippen LogP contribution in [0.5, 0.6) is 0 Å². The molecular weight excluding hydrogens is 468 g/mol. The summed E-state index contributed by atoms with van der Waals surface area (Å²) in [6, 6.07) is 13.7. The van der Waals surface area contributed by atoms with Gasteiger partial charge in [-0.3, -0.25) is 4.79 Å². The van der Waals surface area contributed by atoms with Crippen molar-refractivity contribution >= 4 is 28.2 Å². The molecule has 0 saturated heterocycles. The summed E-state index contributed by atoms with van der Waals surface area (Å²) in [4.78, 5) is 34.5. The molecule has 2 aromatic heterocycles. The molecule has 1 unspecified atom stereocenters. The van der Waals surface area contributed by atoms with Crippen molar-refractivity contribution in [3.63, 3.8) is 0 Å². The molecule has 37 heavy (non-hydrogen) atoms. The fourth-order valence-corrected chi connectivity index (χ4v) is 4.02. The van der Waals surface area contributed by atoms with Gasteiger partial charge < -0.3 is 20.2 Å². The molecule has 8 heteroatoms. The number of ether oxygens (including phenoxy) is 1. The summed E-state index contributed by atoms with van der Waals surface area (Å²) in [5, 5.41) is 3.84. The van der Waals surface area contributed by atoms with E-state index in [0.29, 0.717) is 33.6 Å². The Morgan fingerprint density at radius 3 is 2.49 bits per heavy atom. The van der Waals surface area contributed by atoms with Crippen molar-refractivity contribution in [2.75, 3.05) is 5.32 Å². The Kier molecular flexibility index (Phi) is 7.11. The second kappa shape index (κ2) is 10.3. The van der Waals surface area contributed by atoms with Crippen LogP contribution in [0.2, 0.25) is 0 Å². The van der Waals surface area contributed by atoms with Gasteiger partial charge in [-0.15, -0.1) is 0 Å². The highest BCUT2D eigenvalue weighted by Gasteiger charge is 2.23. The van der Waals surface area contributed by atoms with Gasteiger partial charge in [0.1, 0.15) is 16.9 Å². The molecular formula is C29H30N4O4. The zero-order valence-electron chi connectivity index (χ0n) is 21.5. The predicted molar refractivity (Wildman–Crippen MR) is 144 cm³/mol. The van der Waals surface area contributed by atoms with Crippen molar-refractivity contribution in [2.45, 2.75) is 46.3 Å². The van der Waals surface area contributed by atoms with E-state index in [-0.39, 0.29) is 17.2 Å². The average molecular weight is 499 g/mol. The standard InChI is InChI=1S/C29H30N4O4/c1-17-13-20(18(2)33-23-10-7-6-9-19(23)28(35)37-29(3,4)5)26-21(14-17)24(34)15-25(36-26)22(16-30)27-31-11-8-12-32-27/h6-16,18,33H,30H2,1-5H3/b22-16-. The normalized spacial score (nSPS) is 12.8. The molecule has 0 saturated carbocycles. The van der Waals surface area contributed by atoms with Crippen LogP contribution in [-0.4, -0.2) is 21.5 Å². The van der Waals surface area contributed by atoms with Crippen LogP contribution in [-0.2, 0) is 4.74 Å². The number of esters is 1. The van der Waals surface area contributed by atoms with Crippen LogP contribution in [0.3, 0.4) is 0 Å². The first kappa shape index (κ1) is 25.6. The van der Waals surface area contributed by atoms with Crippen LogP contribution in [0, 0.1) is 6.92 Å². The first-order valence-electron chi connectivity index (χ1n) is 11.9. The third kappa shape index (κ3) is 5.69. The minimum absolute atomic E-state index is 0.210. The van der Waals surface area contributed by atoms with Gasteiger partial charge in [-0.2, -0.15) is 0 Å². The number of aromatic nitrogens is 2. The first-order valence-corrected chi connectivity index (χ1v) is 11.9. The highest BCUT2D eigenvalue weighted by Crippen LogP contribution is 2.31. The van der Waals surface area contributed by atoms with E-state index >= 15 is 0 Å². The number of para-hydroxylation sites is 1. The highest BCUT2D eigenvalue weighted by molar-refractivity contribution is 5.96. The molecule has 0 aliphatic rings. The predicted octanol–water partition coefficient (Wildman–Crippen LogP) is 5.37. The van der Waals surface area contributed by atoms with E-state index in [1.807, 2.05) is 52.8 Å². The van der Waals surface area contributed by atoms with E-state index in [1.54, 1.807) is 36.7 Å². The third-order valence-electron chi connectivity index (χ3n) is 5.62. The molecule has 0 spiro atoms. The van der Waals surface area contributed by atoms with Crippen LogP contribution < -0.4 is 16.5 Å². The largest absolute Gasteiger partial charge is 0.456 e. The Morgan fingerprint density at radius 2 is 1.81 bits per heavy atom. The van der Waals surface area contributed by atoms with Crippen LogP contribution >= 0.6 is 0 Å². The Hall–Kier alpha value is -4.46. The number of fused-ring (bicyclic) bond motifs is 1. The Morgan fingerprint density at radius 1 is 1.11 bits per heavy atom. The summed E-state index contributed by atoms with van der Waals surface area (Å²) in [6.45, 7) is 9.33. The van der Waals surface area contributed by atoms with E-state index in [0.717, 1.165) is 11.1 Å². The molecule has 0 amide bonds. The number of aryl methyl sites for hydroxylation is 1. The van der Waals surface area contributed by atoms with E-state index in [9.17, 15) is 9.59 Å². The van der Waals surface area contributed by atoms with Crippen molar-refractivity contribution in [1.29, 1.82) is 0 Å². The first-order chi connectivity index (χ1) is 17.6. The van der Waals surface area contributed by atoms with E-state index in [4.69, 9.17) is 14.9 Å².